The summed E-state index contributed by atoms with van der Waals surface area (Å²) in [6.45, 7) is 2.75. The molecular weight excluding hydrogens is 222 g/mol. The molecule has 18 heavy (non-hydrogen) atoms. The van der Waals surface area contributed by atoms with Gasteiger partial charge in [0.1, 0.15) is 0 Å². The Morgan fingerprint density at radius 3 is 2.50 bits per heavy atom. The molecule has 1 saturated carbocycles. The lowest BCUT2D eigenvalue weighted by molar-refractivity contribution is 0.180. The molecule has 2 rings (SSSR count). The highest BCUT2D eigenvalue weighted by atomic mass is 16.3. The van der Waals surface area contributed by atoms with Crippen LogP contribution in [0.3, 0.4) is 0 Å². The van der Waals surface area contributed by atoms with E-state index < -0.39 is 0 Å². The van der Waals surface area contributed by atoms with Crippen LogP contribution in [-0.4, -0.2) is 17.8 Å². The minimum atomic E-state index is -0.211. The Morgan fingerprint density at radius 1 is 1.22 bits per heavy atom. The predicted octanol–water partition coefficient (Wildman–Crippen LogP) is 3.28. The number of hydrogen-bond donors (Lipinski definition) is 2. The van der Waals surface area contributed by atoms with E-state index in [4.69, 9.17) is 0 Å². The van der Waals surface area contributed by atoms with Gasteiger partial charge in [0.05, 0.1) is 6.10 Å². The quantitative estimate of drug-likeness (QED) is 0.808. The second kappa shape index (κ2) is 6.91. The van der Waals surface area contributed by atoms with Crippen LogP contribution in [0.4, 0.5) is 0 Å². The van der Waals surface area contributed by atoms with Gasteiger partial charge in [0.25, 0.3) is 0 Å². The molecule has 2 nitrogen and oxygen atoms in total. The maximum absolute atomic E-state index is 9.36. The van der Waals surface area contributed by atoms with Gasteiger partial charge in [-0.2, -0.15) is 0 Å². The number of aliphatic hydroxyl groups excluding tert-OH is 1. The zero-order chi connectivity index (χ0) is 12.8. The van der Waals surface area contributed by atoms with Crippen LogP contribution in [0.25, 0.3) is 0 Å². The summed E-state index contributed by atoms with van der Waals surface area (Å²) in [6.07, 6.45) is 6.02. The second-order valence-corrected chi connectivity index (χ2v) is 5.52. The minimum Gasteiger partial charge on any atom is -0.393 e. The van der Waals surface area contributed by atoms with Crippen molar-refractivity contribution in [3.63, 3.8) is 0 Å². The van der Waals surface area contributed by atoms with Gasteiger partial charge < -0.3 is 10.4 Å². The molecule has 0 aromatic heterocycles. The Kier molecular flexibility index (Phi) is 5.21. The van der Waals surface area contributed by atoms with Gasteiger partial charge in [-0.15, -0.1) is 0 Å². The number of nitrogens with one attached hydrogen (secondary N) is 1. The first kappa shape index (κ1) is 13.6. The Hall–Kier alpha value is -0.860. The third-order valence-electron chi connectivity index (χ3n) is 3.96. The fraction of sp³-hybridized carbons (Fsp3) is 0.625. The average Bonchev–Trinajstić information content (AvgIpc) is 2.89. The van der Waals surface area contributed by atoms with Gasteiger partial charge >= 0.3 is 0 Å². The van der Waals surface area contributed by atoms with E-state index in [1.165, 1.54) is 31.2 Å². The minimum absolute atomic E-state index is 0.211. The molecular formula is C16H25NO. The van der Waals surface area contributed by atoms with Crippen LogP contribution in [-0.2, 0) is 0 Å². The lowest BCUT2D eigenvalue weighted by Crippen LogP contribution is -2.29. The van der Waals surface area contributed by atoms with Gasteiger partial charge in [-0.3, -0.25) is 0 Å². The topological polar surface area (TPSA) is 32.3 Å². The maximum Gasteiger partial charge on any atom is 0.0524 e. The molecule has 0 saturated heterocycles. The molecule has 1 aliphatic carbocycles. The van der Waals surface area contributed by atoms with Gasteiger partial charge in [-0.05, 0) is 44.2 Å². The highest BCUT2D eigenvalue weighted by Gasteiger charge is 2.25. The number of rotatable bonds is 6. The zero-order valence-electron chi connectivity index (χ0n) is 11.3. The van der Waals surface area contributed by atoms with E-state index in [2.05, 4.69) is 35.6 Å². The Labute approximate surface area is 110 Å². The normalized spacial score (nSPS) is 19.9. The van der Waals surface area contributed by atoms with E-state index in [0.29, 0.717) is 6.04 Å². The molecule has 2 unspecified atom stereocenters. The molecule has 100 valence electrons. The third kappa shape index (κ3) is 3.82. The van der Waals surface area contributed by atoms with Gasteiger partial charge in [0, 0.05) is 6.04 Å². The summed E-state index contributed by atoms with van der Waals surface area (Å²) in [5.74, 6) is 0.765. The SMILES string of the molecule is CC(O)CCNC(c1ccccc1)C1CCCC1. The van der Waals surface area contributed by atoms with Crippen molar-refractivity contribution in [3.05, 3.63) is 35.9 Å². The summed E-state index contributed by atoms with van der Waals surface area (Å²) in [5.41, 5.74) is 1.40. The van der Waals surface area contributed by atoms with E-state index in [9.17, 15) is 5.11 Å². The van der Waals surface area contributed by atoms with E-state index in [-0.39, 0.29) is 6.10 Å². The van der Waals surface area contributed by atoms with Gasteiger partial charge in [-0.1, -0.05) is 43.2 Å². The van der Waals surface area contributed by atoms with Crippen molar-refractivity contribution in [1.29, 1.82) is 0 Å². The lowest BCUT2D eigenvalue weighted by atomic mass is 9.91. The molecule has 0 radical (unpaired) electrons. The smallest absolute Gasteiger partial charge is 0.0524 e. The van der Waals surface area contributed by atoms with Crippen molar-refractivity contribution in [3.8, 4) is 0 Å². The van der Waals surface area contributed by atoms with Crippen LogP contribution in [0.5, 0.6) is 0 Å². The van der Waals surface area contributed by atoms with Crippen molar-refractivity contribution in [1.82, 2.24) is 5.32 Å². The van der Waals surface area contributed by atoms with Crippen LogP contribution >= 0.6 is 0 Å². The Balaban J connectivity index is 1.98. The molecule has 1 aromatic rings. The number of benzene rings is 1. The molecule has 0 spiro atoms. The highest BCUT2D eigenvalue weighted by Crippen LogP contribution is 2.35. The molecule has 0 bridgehead atoms. The molecule has 2 atom stereocenters. The van der Waals surface area contributed by atoms with Crippen LogP contribution in [0, 0.1) is 5.92 Å². The molecule has 1 fully saturated rings. The highest BCUT2D eigenvalue weighted by molar-refractivity contribution is 5.20. The molecule has 0 heterocycles. The van der Waals surface area contributed by atoms with Gasteiger partial charge in [0.15, 0.2) is 0 Å². The van der Waals surface area contributed by atoms with E-state index in [1.54, 1.807) is 0 Å². The predicted molar refractivity (Wildman–Crippen MR) is 75.4 cm³/mol. The van der Waals surface area contributed by atoms with E-state index >= 15 is 0 Å². The number of aliphatic hydroxyl groups is 1. The first-order chi connectivity index (χ1) is 8.77. The summed E-state index contributed by atoms with van der Waals surface area (Å²) < 4.78 is 0. The summed E-state index contributed by atoms with van der Waals surface area (Å²) in [7, 11) is 0. The monoisotopic (exact) mass is 247 g/mol. The number of hydrogen-bond acceptors (Lipinski definition) is 2. The van der Waals surface area contributed by atoms with Crippen molar-refractivity contribution in [2.45, 2.75) is 51.2 Å². The largest absolute Gasteiger partial charge is 0.393 e. The molecule has 1 aromatic carbocycles. The summed E-state index contributed by atoms with van der Waals surface area (Å²) in [6, 6.07) is 11.2. The third-order valence-corrected chi connectivity index (χ3v) is 3.96. The molecule has 0 amide bonds. The summed E-state index contributed by atoms with van der Waals surface area (Å²) >= 11 is 0. The van der Waals surface area contributed by atoms with Gasteiger partial charge in [0.2, 0.25) is 0 Å². The van der Waals surface area contributed by atoms with Crippen LogP contribution in [0.1, 0.15) is 50.6 Å². The van der Waals surface area contributed by atoms with E-state index in [0.717, 1.165) is 18.9 Å². The summed E-state index contributed by atoms with van der Waals surface area (Å²) in [5, 5.41) is 13.0. The van der Waals surface area contributed by atoms with E-state index in [1.807, 2.05) is 6.92 Å². The first-order valence-electron chi connectivity index (χ1n) is 7.24. The Morgan fingerprint density at radius 2 is 1.89 bits per heavy atom. The average molecular weight is 247 g/mol. The van der Waals surface area contributed by atoms with Crippen LogP contribution in [0.15, 0.2) is 30.3 Å². The molecule has 2 N–H and O–H groups in total. The van der Waals surface area contributed by atoms with Crippen molar-refractivity contribution in [2.24, 2.45) is 5.92 Å². The Bertz CT molecular complexity index is 330. The maximum atomic E-state index is 9.36. The first-order valence-corrected chi connectivity index (χ1v) is 7.24. The van der Waals surface area contributed by atoms with Crippen molar-refractivity contribution in [2.75, 3.05) is 6.54 Å². The van der Waals surface area contributed by atoms with Crippen LogP contribution < -0.4 is 5.32 Å². The fourth-order valence-corrected chi connectivity index (χ4v) is 2.96. The van der Waals surface area contributed by atoms with Crippen LogP contribution in [0.2, 0.25) is 0 Å². The lowest BCUT2D eigenvalue weighted by Gasteiger charge is -2.25. The van der Waals surface area contributed by atoms with Crippen molar-refractivity contribution >= 4 is 0 Å². The van der Waals surface area contributed by atoms with Gasteiger partial charge in [-0.25, -0.2) is 0 Å². The second-order valence-electron chi connectivity index (χ2n) is 5.52. The molecule has 2 heteroatoms. The zero-order valence-corrected chi connectivity index (χ0v) is 11.3. The standard InChI is InChI=1S/C16H25NO/c1-13(18)11-12-17-16(15-9-5-6-10-15)14-7-3-2-4-8-14/h2-4,7-8,13,15-18H,5-6,9-12H2,1H3. The summed E-state index contributed by atoms with van der Waals surface area (Å²) in [4.78, 5) is 0. The molecule has 1 aliphatic rings. The molecule has 0 aliphatic heterocycles. The van der Waals surface area contributed by atoms with Crippen molar-refractivity contribution < 1.29 is 5.11 Å². The fourth-order valence-electron chi connectivity index (χ4n) is 2.96.